The highest BCUT2D eigenvalue weighted by molar-refractivity contribution is 5.35. The highest BCUT2D eigenvalue weighted by atomic mass is 15.0. The van der Waals surface area contributed by atoms with E-state index >= 15 is 0 Å². The third-order valence-electron chi connectivity index (χ3n) is 4.17. The van der Waals surface area contributed by atoms with Crippen LogP contribution in [-0.4, -0.2) is 25.2 Å². The molecule has 2 fully saturated rings. The van der Waals surface area contributed by atoms with Gasteiger partial charge in [0, 0.05) is 18.0 Å². The molecule has 1 saturated heterocycles. The summed E-state index contributed by atoms with van der Waals surface area (Å²) in [6.07, 6.45) is 3.91. The Morgan fingerprint density at radius 1 is 1.18 bits per heavy atom. The molecule has 1 aliphatic heterocycles. The van der Waals surface area contributed by atoms with Crippen molar-refractivity contribution in [2.45, 2.75) is 44.2 Å². The number of piperidine rings is 1. The number of hydrogen-bond acceptors (Lipinski definition) is 2. The number of aryl methyl sites for hydroxylation is 1. The van der Waals surface area contributed by atoms with Gasteiger partial charge in [0.1, 0.15) is 0 Å². The van der Waals surface area contributed by atoms with Gasteiger partial charge in [-0.15, -0.1) is 0 Å². The molecular weight excluding hydrogens is 208 g/mol. The molecule has 92 valence electrons. The minimum absolute atomic E-state index is 0.735. The predicted octanol–water partition coefficient (Wildman–Crippen LogP) is 2.19. The summed E-state index contributed by atoms with van der Waals surface area (Å²) in [5.74, 6) is 0.770. The lowest BCUT2D eigenvalue weighted by Gasteiger charge is -2.24. The first-order valence-corrected chi connectivity index (χ1v) is 6.87. The molecule has 1 aliphatic carbocycles. The van der Waals surface area contributed by atoms with Gasteiger partial charge < -0.3 is 10.6 Å². The summed E-state index contributed by atoms with van der Waals surface area (Å²) in [7, 11) is 0. The van der Waals surface area contributed by atoms with Gasteiger partial charge in [0.15, 0.2) is 0 Å². The first kappa shape index (κ1) is 11.2. The monoisotopic (exact) mass is 230 g/mol. The maximum atomic E-state index is 3.83. The van der Waals surface area contributed by atoms with Crippen LogP contribution in [0.3, 0.4) is 0 Å². The molecule has 2 aliphatic rings. The molecule has 0 radical (unpaired) electrons. The van der Waals surface area contributed by atoms with Crippen LogP contribution in [0.5, 0.6) is 0 Å². The number of nitrogens with one attached hydrogen (secondary N) is 2. The van der Waals surface area contributed by atoms with Gasteiger partial charge in [-0.2, -0.15) is 0 Å². The maximum absolute atomic E-state index is 3.83. The molecule has 3 rings (SSSR count). The van der Waals surface area contributed by atoms with Gasteiger partial charge in [-0.1, -0.05) is 24.3 Å². The van der Waals surface area contributed by atoms with E-state index in [0.29, 0.717) is 0 Å². The molecule has 2 N–H and O–H groups in total. The van der Waals surface area contributed by atoms with E-state index in [1.807, 2.05) is 0 Å². The quantitative estimate of drug-likeness (QED) is 0.832. The molecule has 1 heterocycles. The Hall–Kier alpha value is -0.860. The fourth-order valence-corrected chi connectivity index (χ4v) is 3.02. The lowest BCUT2D eigenvalue weighted by atomic mass is 10.0. The van der Waals surface area contributed by atoms with Crippen LogP contribution in [0.25, 0.3) is 0 Å². The largest absolute Gasteiger partial charge is 0.317 e. The second kappa shape index (κ2) is 4.79. The zero-order chi connectivity index (χ0) is 11.7. The molecule has 2 heteroatoms. The van der Waals surface area contributed by atoms with Gasteiger partial charge >= 0.3 is 0 Å². The Morgan fingerprint density at radius 2 is 1.94 bits per heavy atom. The predicted molar refractivity (Wildman–Crippen MR) is 71.4 cm³/mol. The Bertz CT molecular complexity index is 382. The minimum atomic E-state index is 0.735. The molecular formula is C15H22N2. The zero-order valence-corrected chi connectivity index (χ0v) is 10.6. The fourth-order valence-electron chi connectivity index (χ4n) is 3.02. The molecule has 1 aromatic carbocycles. The van der Waals surface area contributed by atoms with Crippen LogP contribution in [0.2, 0.25) is 0 Å². The average molecular weight is 230 g/mol. The van der Waals surface area contributed by atoms with Crippen molar-refractivity contribution in [1.29, 1.82) is 0 Å². The van der Waals surface area contributed by atoms with Crippen LogP contribution >= 0.6 is 0 Å². The van der Waals surface area contributed by atoms with Gasteiger partial charge in [0.2, 0.25) is 0 Å². The van der Waals surface area contributed by atoms with Crippen molar-refractivity contribution >= 4 is 0 Å². The Labute approximate surface area is 104 Å². The summed E-state index contributed by atoms with van der Waals surface area (Å²) >= 11 is 0. The SMILES string of the molecule is Cc1ccccc1[C@@H]1C[C@H]1NC1CCNCC1. The molecule has 0 bridgehead atoms. The van der Waals surface area contributed by atoms with Crippen LogP contribution in [-0.2, 0) is 0 Å². The molecule has 17 heavy (non-hydrogen) atoms. The van der Waals surface area contributed by atoms with Crippen LogP contribution in [0.1, 0.15) is 36.3 Å². The summed E-state index contributed by atoms with van der Waals surface area (Å²) in [4.78, 5) is 0. The standard InChI is InChI=1S/C15H22N2/c1-11-4-2-3-5-13(11)14-10-15(14)17-12-6-8-16-9-7-12/h2-5,12,14-17H,6-10H2,1H3/t14-,15+/m0/s1. The van der Waals surface area contributed by atoms with E-state index in [9.17, 15) is 0 Å². The highest BCUT2D eigenvalue weighted by Gasteiger charge is 2.39. The Balaban J connectivity index is 1.57. The lowest BCUT2D eigenvalue weighted by Crippen LogP contribution is -2.41. The van der Waals surface area contributed by atoms with E-state index in [1.165, 1.54) is 37.9 Å². The van der Waals surface area contributed by atoms with Crippen LogP contribution < -0.4 is 10.6 Å². The third-order valence-corrected chi connectivity index (χ3v) is 4.17. The van der Waals surface area contributed by atoms with Crippen LogP contribution in [0.4, 0.5) is 0 Å². The van der Waals surface area contributed by atoms with Crippen molar-refractivity contribution in [3.8, 4) is 0 Å². The number of rotatable bonds is 3. The van der Waals surface area contributed by atoms with Crippen molar-refractivity contribution in [1.82, 2.24) is 10.6 Å². The smallest absolute Gasteiger partial charge is 0.0145 e. The summed E-state index contributed by atoms with van der Waals surface area (Å²) in [5, 5.41) is 7.25. The lowest BCUT2D eigenvalue weighted by molar-refractivity contribution is 0.383. The fraction of sp³-hybridized carbons (Fsp3) is 0.600. The van der Waals surface area contributed by atoms with E-state index in [-0.39, 0.29) is 0 Å². The van der Waals surface area contributed by atoms with Crippen molar-refractivity contribution in [3.05, 3.63) is 35.4 Å². The van der Waals surface area contributed by atoms with E-state index < -0.39 is 0 Å². The summed E-state index contributed by atoms with van der Waals surface area (Å²) < 4.78 is 0. The molecule has 2 nitrogen and oxygen atoms in total. The van der Waals surface area contributed by atoms with Gasteiger partial charge in [-0.3, -0.25) is 0 Å². The van der Waals surface area contributed by atoms with Gasteiger partial charge in [0.25, 0.3) is 0 Å². The topological polar surface area (TPSA) is 24.1 Å². The van der Waals surface area contributed by atoms with Crippen molar-refractivity contribution in [2.24, 2.45) is 0 Å². The first-order valence-electron chi connectivity index (χ1n) is 6.87. The molecule has 0 spiro atoms. The van der Waals surface area contributed by atoms with Gasteiger partial charge in [-0.25, -0.2) is 0 Å². The first-order chi connectivity index (χ1) is 8.34. The minimum Gasteiger partial charge on any atom is -0.317 e. The van der Waals surface area contributed by atoms with Gasteiger partial charge in [0.05, 0.1) is 0 Å². The van der Waals surface area contributed by atoms with E-state index in [0.717, 1.165) is 18.0 Å². The second-order valence-electron chi connectivity index (χ2n) is 5.50. The summed E-state index contributed by atoms with van der Waals surface area (Å²) in [6.45, 7) is 4.59. The molecule has 0 amide bonds. The van der Waals surface area contributed by atoms with Crippen molar-refractivity contribution in [2.75, 3.05) is 13.1 Å². The Kier molecular flexibility index (Phi) is 3.17. The molecule has 0 aromatic heterocycles. The number of benzene rings is 1. The maximum Gasteiger partial charge on any atom is 0.0145 e. The molecule has 0 unspecified atom stereocenters. The normalized spacial score (nSPS) is 29.2. The second-order valence-corrected chi connectivity index (χ2v) is 5.50. The van der Waals surface area contributed by atoms with Crippen LogP contribution in [0, 0.1) is 6.92 Å². The Morgan fingerprint density at radius 3 is 2.71 bits per heavy atom. The zero-order valence-electron chi connectivity index (χ0n) is 10.6. The van der Waals surface area contributed by atoms with E-state index in [1.54, 1.807) is 5.56 Å². The average Bonchev–Trinajstić information content (AvgIpc) is 3.10. The molecule has 1 saturated carbocycles. The summed E-state index contributed by atoms with van der Waals surface area (Å²) in [5.41, 5.74) is 3.01. The highest BCUT2D eigenvalue weighted by Crippen LogP contribution is 2.42. The van der Waals surface area contributed by atoms with E-state index in [4.69, 9.17) is 0 Å². The van der Waals surface area contributed by atoms with Crippen molar-refractivity contribution < 1.29 is 0 Å². The van der Waals surface area contributed by atoms with Crippen LogP contribution in [0.15, 0.2) is 24.3 Å². The van der Waals surface area contributed by atoms with E-state index in [2.05, 4.69) is 41.8 Å². The molecule has 2 atom stereocenters. The molecule has 1 aromatic rings. The van der Waals surface area contributed by atoms with Crippen molar-refractivity contribution in [3.63, 3.8) is 0 Å². The third kappa shape index (κ3) is 2.53. The van der Waals surface area contributed by atoms with Gasteiger partial charge in [-0.05, 0) is 50.4 Å². The number of hydrogen-bond donors (Lipinski definition) is 2. The summed E-state index contributed by atoms with van der Waals surface area (Å²) in [6, 6.07) is 10.3.